The van der Waals surface area contributed by atoms with E-state index in [1.54, 1.807) is 29.9 Å². The van der Waals surface area contributed by atoms with Gasteiger partial charge in [0.25, 0.3) is 5.91 Å². The van der Waals surface area contributed by atoms with Crippen molar-refractivity contribution in [2.24, 2.45) is 5.92 Å². The Labute approximate surface area is 266 Å². The van der Waals surface area contributed by atoms with E-state index in [0.29, 0.717) is 24.4 Å². The van der Waals surface area contributed by atoms with Crippen LogP contribution in [0.2, 0.25) is 0 Å². The number of carbonyl (C=O) groups is 4. The van der Waals surface area contributed by atoms with Crippen molar-refractivity contribution in [3.05, 3.63) is 77.2 Å². The van der Waals surface area contributed by atoms with E-state index in [0.717, 1.165) is 22.0 Å². The van der Waals surface area contributed by atoms with Gasteiger partial charge >= 0.3 is 0 Å². The SMILES string of the molecule is Cc1ccc2c(c1)C(=O)N[C@H](Cc1c[nH]c3ccccc13)C(=O)N[C@H](C)C(=O)N[C@H](CC(C)C)C(=O)NCc1cn(nn1)CCO2. The number of fused-ring (bicyclic) bond motifs is 4. The summed E-state index contributed by atoms with van der Waals surface area (Å²) in [6.45, 7) is 7.96. The molecule has 0 fully saturated rings. The standard InChI is InChI=1S/C33H40N8O5/c1-19(2)13-27-32(44)35-17-23-18-41(40-39-23)11-12-46-29-10-9-20(3)14-25(29)31(43)38-28(33(45)36-21(4)30(42)37-27)15-22-16-34-26-8-6-5-7-24(22)26/h5-10,14,16,18-19,21,27-28,34H,11-13,15,17H2,1-4H3,(H,35,44)(H,36,45)(H,37,42)(H,38,43)/t21-,27-,28-/m1/s1. The van der Waals surface area contributed by atoms with Crippen LogP contribution in [-0.4, -0.2) is 68.3 Å². The van der Waals surface area contributed by atoms with Gasteiger partial charge in [0.15, 0.2) is 0 Å². The van der Waals surface area contributed by atoms with Gasteiger partial charge in [0.1, 0.15) is 36.2 Å². The van der Waals surface area contributed by atoms with Crippen molar-refractivity contribution in [2.75, 3.05) is 6.61 Å². The molecular weight excluding hydrogens is 588 g/mol. The zero-order valence-electron chi connectivity index (χ0n) is 26.4. The first-order chi connectivity index (χ1) is 22.1. The van der Waals surface area contributed by atoms with Crippen molar-refractivity contribution in [2.45, 2.75) is 71.8 Å². The summed E-state index contributed by atoms with van der Waals surface area (Å²) in [6, 6.07) is 10.1. The minimum absolute atomic E-state index is 0.106. The van der Waals surface area contributed by atoms with Crippen LogP contribution in [0.3, 0.4) is 0 Å². The van der Waals surface area contributed by atoms with Crippen molar-refractivity contribution in [3.8, 4) is 5.75 Å². The van der Waals surface area contributed by atoms with Gasteiger partial charge in [0, 0.05) is 23.5 Å². The number of H-pyrrole nitrogens is 1. The summed E-state index contributed by atoms with van der Waals surface area (Å²) < 4.78 is 7.60. The highest BCUT2D eigenvalue weighted by molar-refractivity contribution is 6.01. The van der Waals surface area contributed by atoms with E-state index in [4.69, 9.17) is 4.74 Å². The number of aromatic nitrogens is 4. The first-order valence-corrected chi connectivity index (χ1v) is 15.4. The number of hydrogen-bond acceptors (Lipinski definition) is 7. The molecule has 0 saturated carbocycles. The van der Waals surface area contributed by atoms with Gasteiger partial charge < -0.3 is 31.0 Å². The summed E-state index contributed by atoms with van der Waals surface area (Å²) in [4.78, 5) is 57.2. The fourth-order valence-corrected chi connectivity index (χ4v) is 5.37. The molecule has 13 heteroatoms. The lowest BCUT2D eigenvalue weighted by atomic mass is 10.0. The third-order valence-electron chi connectivity index (χ3n) is 7.80. The number of aromatic amines is 1. The zero-order chi connectivity index (χ0) is 32.8. The van der Waals surface area contributed by atoms with Gasteiger partial charge in [-0.2, -0.15) is 0 Å². The van der Waals surface area contributed by atoms with Crippen LogP contribution in [0, 0.1) is 12.8 Å². The lowest BCUT2D eigenvalue weighted by molar-refractivity contribution is -0.132. The number of para-hydroxylation sites is 1. The maximum absolute atomic E-state index is 13.8. The normalized spacial score (nSPS) is 20.2. The fraction of sp³-hybridized carbons (Fsp3) is 0.394. The average molecular weight is 629 g/mol. The molecule has 3 atom stereocenters. The van der Waals surface area contributed by atoms with Crippen LogP contribution in [0.4, 0.5) is 0 Å². The zero-order valence-corrected chi connectivity index (χ0v) is 26.4. The molecule has 4 amide bonds. The molecule has 242 valence electrons. The number of amides is 4. The molecule has 2 aromatic heterocycles. The lowest BCUT2D eigenvalue weighted by Crippen LogP contribution is -2.56. The smallest absolute Gasteiger partial charge is 0.255 e. The lowest BCUT2D eigenvalue weighted by Gasteiger charge is -2.24. The number of hydrogen-bond donors (Lipinski definition) is 5. The molecular formula is C33H40N8O5. The van der Waals surface area contributed by atoms with Gasteiger partial charge in [0.2, 0.25) is 17.7 Å². The highest BCUT2D eigenvalue weighted by Crippen LogP contribution is 2.22. The molecule has 0 unspecified atom stereocenters. The summed E-state index contributed by atoms with van der Waals surface area (Å²) in [6.07, 6.45) is 4.06. The highest BCUT2D eigenvalue weighted by atomic mass is 16.5. The van der Waals surface area contributed by atoms with E-state index in [1.165, 1.54) is 0 Å². The van der Waals surface area contributed by atoms with E-state index in [9.17, 15) is 19.2 Å². The fourth-order valence-electron chi connectivity index (χ4n) is 5.37. The summed E-state index contributed by atoms with van der Waals surface area (Å²) in [5, 5.41) is 20.4. The van der Waals surface area contributed by atoms with Crippen molar-refractivity contribution in [1.82, 2.24) is 41.2 Å². The van der Waals surface area contributed by atoms with Crippen molar-refractivity contribution in [1.29, 1.82) is 0 Å². The van der Waals surface area contributed by atoms with E-state index in [1.807, 2.05) is 57.3 Å². The molecule has 4 aromatic rings. The van der Waals surface area contributed by atoms with Crippen molar-refractivity contribution in [3.63, 3.8) is 0 Å². The Hall–Kier alpha value is -5.20. The van der Waals surface area contributed by atoms with Gasteiger partial charge in [-0.05, 0) is 49.9 Å². The second-order valence-electron chi connectivity index (χ2n) is 12.0. The van der Waals surface area contributed by atoms with Gasteiger partial charge in [-0.25, -0.2) is 4.68 Å². The minimum atomic E-state index is -1.04. The molecule has 13 nitrogen and oxygen atoms in total. The Balaban J connectivity index is 1.46. The maximum atomic E-state index is 13.8. The van der Waals surface area contributed by atoms with Crippen LogP contribution in [0.5, 0.6) is 5.75 Å². The molecule has 0 saturated heterocycles. The topological polar surface area (TPSA) is 172 Å². The molecule has 46 heavy (non-hydrogen) atoms. The summed E-state index contributed by atoms with van der Waals surface area (Å²) in [7, 11) is 0. The largest absolute Gasteiger partial charge is 0.491 e. The predicted molar refractivity (Wildman–Crippen MR) is 171 cm³/mol. The molecule has 5 N–H and O–H groups in total. The van der Waals surface area contributed by atoms with Crippen LogP contribution in [-0.2, 0) is 33.9 Å². The Kier molecular flexibility index (Phi) is 9.99. The molecule has 3 heterocycles. The third-order valence-corrected chi connectivity index (χ3v) is 7.80. The van der Waals surface area contributed by atoms with E-state index in [2.05, 4.69) is 36.6 Å². The van der Waals surface area contributed by atoms with Crippen LogP contribution in [0.15, 0.2) is 54.9 Å². The predicted octanol–water partition coefficient (Wildman–Crippen LogP) is 2.15. The van der Waals surface area contributed by atoms with E-state index in [-0.39, 0.29) is 37.0 Å². The first-order valence-electron chi connectivity index (χ1n) is 15.4. The van der Waals surface area contributed by atoms with E-state index < -0.39 is 35.8 Å². The van der Waals surface area contributed by atoms with Crippen molar-refractivity contribution >= 4 is 34.5 Å². The number of aryl methyl sites for hydroxylation is 1. The third kappa shape index (κ3) is 7.89. The number of nitrogens with one attached hydrogen (secondary N) is 5. The maximum Gasteiger partial charge on any atom is 0.255 e. The monoisotopic (exact) mass is 628 g/mol. The number of nitrogens with zero attached hydrogens (tertiary/aromatic N) is 3. The quantitative estimate of drug-likeness (QED) is 0.230. The highest BCUT2D eigenvalue weighted by Gasteiger charge is 2.29. The Morgan fingerprint density at radius 3 is 2.59 bits per heavy atom. The molecule has 0 radical (unpaired) electrons. The second kappa shape index (κ2) is 14.3. The van der Waals surface area contributed by atoms with Crippen LogP contribution >= 0.6 is 0 Å². The molecule has 0 spiro atoms. The Morgan fingerprint density at radius 1 is 0.978 bits per heavy atom. The minimum Gasteiger partial charge on any atom is -0.491 e. The first kappa shape index (κ1) is 32.2. The number of rotatable bonds is 4. The van der Waals surface area contributed by atoms with Gasteiger partial charge in [-0.3, -0.25) is 19.2 Å². The van der Waals surface area contributed by atoms with Crippen LogP contribution < -0.4 is 26.0 Å². The van der Waals surface area contributed by atoms with Gasteiger partial charge in [-0.15, -0.1) is 5.10 Å². The molecule has 5 rings (SSSR count). The van der Waals surface area contributed by atoms with E-state index >= 15 is 0 Å². The van der Waals surface area contributed by atoms with Gasteiger partial charge in [-0.1, -0.05) is 48.9 Å². The summed E-state index contributed by atoms with van der Waals surface area (Å²) >= 11 is 0. The number of benzene rings is 2. The van der Waals surface area contributed by atoms with Crippen LogP contribution in [0.1, 0.15) is 54.4 Å². The average Bonchev–Trinajstić information content (AvgIpc) is 3.66. The van der Waals surface area contributed by atoms with Crippen molar-refractivity contribution < 1.29 is 23.9 Å². The second-order valence-corrected chi connectivity index (χ2v) is 12.0. The molecule has 1 aliphatic heterocycles. The Morgan fingerprint density at radius 2 is 1.78 bits per heavy atom. The number of ether oxygens (including phenoxy) is 1. The Bertz CT molecular complexity index is 1730. The molecule has 1 aliphatic rings. The van der Waals surface area contributed by atoms with Crippen LogP contribution in [0.25, 0.3) is 10.9 Å². The van der Waals surface area contributed by atoms with Gasteiger partial charge in [0.05, 0.1) is 24.8 Å². The summed E-state index contributed by atoms with van der Waals surface area (Å²) in [5.41, 5.74) is 3.37. The number of carbonyl (C=O) groups excluding carboxylic acids is 4. The molecule has 2 bridgehead atoms. The summed E-state index contributed by atoms with van der Waals surface area (Å²) in [5.74, 6) is -1.49. The molecule has 0 aliphatic carbocycles. The molecule has 2 aromatic carbocycles.